The number of nitrogens with zero attached hydrogens (tertiary/aromatic N) is 6. The van der Waals surface area contributed by atoms with E-state index in [-0.39, 0.29) is 0 Å². The Morgan fingerprint density at radius 1 is 1.17 bits per heavy atom. The van der Waals surface area contributed by atoms with Gasteiger partial charge in [0.25, 0.3) is 0 Å². The normalized spacial score (nSPS) is 18.5. The van der Waals surface area contributed by atoms with Crippen molar-refractivity contribution in [2.75, 3.05) is 39.8 Å². The molecule has 0 bridgehead atoms. The van der Waals surface area contributed by atoms with Crippen LogP contribution in [0, 0.1) is 0 Å². The topological polar surface area (TPSA) is 50.1 Å². The smallest absolute Gasteiger partial charge is 0.131 e. The van der Waals surface area contributed by atoms with E-state index in [1.807, 2.05) is 10.7 Å². The molecular formula is C12H18N6. The molecule has 0 saturated carbocycles. The molecule has 0 amide bonds. The van der Waals surface area contributed by atoms with Crippen LogP contribution in [-0.4, -0.2) is 69.5 Å². The molecule has 0 atom stereocenters. The number of likely N-dealkylation sites (N-methyl/N-ethyl adjacent to an activating group) is 1. The summed E-state index contributed by atoms with van der Waals surface area (Å²) in [6, 6.07) is 1.97. The van der Waals surface area contributed by atoms with Gasteiger partial charge in [-0.25, -0.2) is 4.68 Å². The van der Waals surface area contributed by atoms with Gasteiger partial charge in [-0.2, -0.15) is 0 Å². The number of pyridine rings is 1. The Labute approximate surface area is 106 Å². The van der Waals surface area contributed by atoms with E-state index in [2.05, 4.69) is 32.1 Å². The molecule has 0 aromatic carbocycles. The van der Waals surface area contributed by atoms with Crippen molar-refractivity contribution >= 4 is 11.0 Å². The van der Waals surface area contributed by atoms with Crippen LogP contribution < -0.4 is 0 Å². The zero-order chi connectivity index (χ0) is 12.4. The molecule has 1 saturated heterocycles. The largest absolute Gasteiger partial charge is 0.304 e. The van der Waals surface area contributed by atoms with Crippen LogP contribution >= 0.6 is 0 Å². The first-order chi connectivity index (χ1) is 8.83. The molecule has 0 spiro atoms. The number of rotatable bonds is 3. The van der Waals surface area contributed by atoms with Crippen LogP contribution in [0.5, 0.6) is 0 Å². The van der Waals surface area contributed by atoms with Crippen LogP contribution in [0.3, 0.4) is 0 Å². The van der Waals surface area contributed by atoms with Crippen LogP contribution in [0.15, 0.2) is 18.5 Å². The first-order valence-corrected chi connectivity index (χ1v) is 6.37. The molecule has 1 aliphatic heterocycles. The lowest BCUT2D eigenvalue weighted by molar-refractivity contribution is 0.149. The standard InChI is InChI=1S/C12H18N6/c1-16-4-6-17(7-5-16)8-9-18-12-2-3-13-10-11(12)14-15-18/h2-3,10H,4-9H2,1H3. The zero-order valence-corrected chi connectivity index (χ0v) is 10.7. The highest BCUT2D eigenvalue weighted by Crippen LogP contribution is 2.08. The predicted octanol–water partition coefficient (Wildman–Crippen LogP) is 0.0737. The average Bonchev–Trinajstić information content (AvgIpc) is 2.82. The quantitative estimate of drug-likeness (QED) is 0.767. The van der Waals surface area contributed by atoms with E-state index < -0.39 is 0 Å². The van der Waals surface area contributed by atoms with Crippen LogP contribution in [0.1, 0.15) is 0 Å². The third kappa shape index (κ3) is 2.34. The third-order valence-electron chi connectivity index (χ3n) is 3.54. The Bertz CT molecular complexity index is 514. The van der Waals surface area contributed by atoms with Gasteiger partial charge < -0.3 is 4.90 Å². The summed E-state index contributed by atoms with van der Waals surface area (Å²) < 4.78 is 1.97. The first kappa shape index (κ1) is 11.6. The van der Waals surface area contributed by atoms with E-state index in [1.165, 1.54) is 0 Å². The second-order valence-corrected chi connectivity index (χ2v) is 4.82. The van der Waals surface area contributed by atoms with Gasteiger partial charge in [-0.3, -0.25) is 9.88 Å². The summed E-state index contributed by atoms with van der Waals surface area (Å²) in [5.41, 5.74) is 1.94. The maximum atomic E-state index is 4.18. The first-order valence-electron chi connectivity index (χ1n) is 6.37. The Balaban J connectivity index is 1.63. The zero-order valence-electron chi connectivity index (χ0n) is 10.7. The molecule has 6 nitrogen and oxygen atoms in total. The number of aromatic nitrogens is 4. The van der Waals surface area contributed by atoms with Crippen molar-refractivity contribution in [2.24, 2.45) is 0 Å². The Morgan fingerprint density at radius 3 is 2.83 bits per heavy atom. The lowest BCUT2D eigenvalue weighted by atomic mass is 10.3. The second kappa shape index (κ2) is 4.99. The Morgan fingerprint density at radius 2 is 2.00 bits per heavy atom. The highest BCUT2D eigenvalue weighted by molar-refractivity contribution is 5.72. The van der Waals surface area contributed by atoms with Gasteiger partial charge in [0.2, 0.25) is 0 Å². The molecule has 18 heavy (non-hydrogen) atoms. The van der Waals surface area contributed by atoms with Gasteiger partial charge in [-0.05, 0) is 13.1 Å². The average molecular weight is 246 g/mol. The van der Waals surface area contributed by atoms with E-state index in [0.29, 0.717) is 0 Å². The molecule has 0 unspecified atom stereocenters. The summed E-state index contributed by atoms with van der Waals surface area (Å²) >= 11 is 0. The Kier molecular flexibility index (Phi) is 3.21. The summed E-state index contributed by atoms with van der Waals surface area (Å²) in [6.45, 7) is 6.53. The lowest BCUT2D eigenvalue weighted by Gasteiger charge is -2.32. The van der Waals surface area contributed by atoms with Crippen LogP contribution in [-0.2, 0) is 6.54 Å². The summed E-state index contributed by atoms with van der Waals surface area (Å²) in [5.74, 6) is 0. The molecule has 1 aliphatic rings. The molecule has 3 rings (SSSR count). The van der Waals surface area contributed by atoms with E-state index in [1.54, 1.807) is 12.4 Å². The summed E-state index contributed by atoms with van der Waals surface area (Å²) in [5, 5.41) is 8.30. The molecule has 1 fully saturated rings. The molecule has 3 heterocycles. The van der Waals surface area contributed by atoms with Crippen molar-refractivity contribution < 1.29 is 0 Å². The highest BCUT2D eigenvalue weighted by Gasteiger charge is 2.13. The van der Waals surface area contributed by atoms with Crippen LogP contribution in [0.4, 0.5) is 0 Å². The monoisotopic (exact) mass is 246 g/mol. The molecule has 0 N–H and O–H groups in total. The fourth-order valence-corrected chi connectivity index (χ4v) is 2.30. The number of hydrogen-bond acceptors (Lipinski definition) is 5. The van der Waals surface area contributed by atoms with Gasteiger partial charge >= 0.3 is 0 Å². The van der Waals surface area contributed by atoms with E-state index in [0.717, 1.165) is 50.3 Å². The van der Waals surface area contributed by atoms with E-state index >= 15 is 0 Å². The molecule has 6 heteroatoms. The lowest BCUT2D eigenvalue weighted by Crippen LogP contribution is -2.45. The number of hydrogen-bond donors (Lipinski definition) is 0. The molecule has 0 aliphatic carbocycles. The van der Waals surface area contributed by atoms with Crippen molar-refractivity contribution in [3.8, 4) is 0 Å². The minimum absolute atomic E-state index is 0.871. The van der Waals surface area contributed by atoms with Crippen molar-refractivity contribution in [1.82, 2.24) is 29.8 Å². The van der Waals surface area contributed by atoms with Gasteiger partial charge in [0.15, 0.2) is 0 Å². The van der Waals surface area contributed by atoms with Crippen LogP contribution in [0.25, 0.3) is 11.0 Å². The van der Waals surface area contributed by atoms with E-state index in [4.69, 9.17) is 0 Å². The van der Waals surface area contributed by atoms with Crippen molar-refractivity contribution in [1.29, 1.82) is 0 Å². The molecular weight excluding hydrogens is 228 g/mol. The second-order valence-electron chi connectivity index (χ2n) is 4.82. The fourth-order valence-electron chi connectivity index (χ4n) is 2.30. The van der Waals surface area contributed by atoms with Crippen molar-refractivity contribution in [3.05, 3.63) is 18.5 Å². The highest BCUT2D eigenvalue weighted by atomic mass is 15.4. The summed E-state index contributed by atoms with van der Waals surface area (Å²) in [7, 11) is 2.18. The van der Waals surface area contributed by atoms with Gasteiger partial charge in [-0.1, -0.05) is 5.21 Å². The third-order valence-corrected chi connectivity index (χ3v) is 3.54. The Hall–Kier alpha value is -1.53. The summed E-state index contributed by atoms with van der Waals surface area (Å²) in [4.78, 5) is 8.90. The number of fused-ring (bicyclic) bond motifs is 1. The minimum Gasteiger partial charge on any atom is -0.304 e. The van der Waals surface area contributed by atoms with Crippen LogP contribution in [0.2, 0.25) is 0 Å². The predicted molar refractivity (Wildman–Crippen MR) is 69.3 cm³/mol. The van der Waals surface area contributed by atoms with Gasteiger partial charge in [0.1, 0.15) is 5.52 Å². The maximum absolute atomic E-state index is 4.18. The molecule has 2 aromatic heterocycles. The molecule has 96 valence electrons. The van der Waals surface area contributed by atoms with E-state index in [9.17, 15) is 0 Å². The minimum atomic E-state index is 0.871. The summed E-state index contributed by atoms with van der Waals surface area (Å²) in [6.07, 6.45) is 3.55. The molecule has 0 radical (unpaired) electrons. The van der Waals surface area contributed by atoms with Gasteiger partial charge in [-0.15, -0.1) is 5.10 Å². The SMILES string of the molecule is CN1CCN(CCn2nnc3cnccc32)CC1. The molecule has 2 aromatic rings. The number of piperazine rings is 1. The van der Waals surface area contributed by atoms with Gasteiger partial charge in [0, 0.05) is 38.9 Å². The maximum Gasteiger partial charge on any atom is 0.131 e. The van der Waals surface area contributed by atoms with Gasteiger partial charge in [0.05, 0.1) is 18.3 Å². The van der Waals surface area contributed by atoms with Crippen molar-refractivity contribution in [2.45, 2.75) is 6.54 Å². The fraction of sp³-hybridized carbons (Fsp3) is 0.583. The van der Waals surface area contributed by atoms with Crippen molar-refractivity contribution in [3.63, 3.8) is 0 Å².